The topological polar surface area (TPSA) is 61.7 Å². The van der Waals surface area contributed by atoms with Crippen molar-refractivity contribution in [3.05, 3.63) is 35.9 Å². The standard InChI is InChI=1S/C12H16N2O2/c1-12(2,9-13-11(15)16)14-8-10-6-4-3-5-7-10/h3-8,13H,9H2,1-2H3,(H,15,16). The molecule has 4 nitrogen and oxygen atoms in total. The molecular weight excluding hydrogens is 204 g/mol. The van der Waals surface area contributed by atoms with Crippen molar-refractivity contribution in [3.63, 3.8) is 0 Å². The molecule has 86 valence electrons. The number of hydrogen-bond acceptors (Lipinski definition) is 2. The Balaban J connectivity index is 2.58. The summed E-state index contributed by atoms with van der Waals surface area (Å²) in [7, 11) is 0. The van der Waals surface area contributed by atoms with Crippen molar-refractivity contribution in [3.8, 4) is 0 Å². The Morgan fingerprint density at radius 1 is 1.44 bits per heavy atom. The number of nitrogens with zero attached hydrogens (tertiary/aromatic N) is 1. The fourth-order valence-electron chi connectivity index (χ4n) is 1.13. The van der Waals surface area contributed by atoms with Gasteiger partial charge in [-0.15, -0.1) is 0 Å². The van der Waals surface area contributed by atoms with Crippen LogP contribution in [0, 0.1) is 0 Å². The highest BCUT2D eigenvalue weighted by molar-refractivity contribution is 5.79. The molecule has 4 heteroatoms. The van der Waals surface area contributed by atoms with E-state index in [1.807, 2.05) is 44.2 Å². The first kappa shape index (κ1) is 12.2. The molecule has 0 atom stereocenters. The van der Waals surface area contributed by atoms with Gasteiger partial charge in [-0.05, 0) is 19.4 Å². The number of hydrogen-bond donors (Lipinski definition) is 2. The van der Waals surface area contributed by atoms with Gasteiger partial charge in [0.25, 0.3) is 0 Å². The maximum atomic E-state index is 10.4. The van der Waals surface area contributed by atoms with E-state index in [1.54, 1.807) is 6.21 Å². The van der Waals surface area contributed by atoms with Crippen LogP contribution in [0.4, 0.5) is 4.79 Å². The smallest absolute Gasteiger partial charge is 0.404 e. The molecule has 0 bridgehead atoms. The second kappa shape index (κ2) is 5.30. The van der Waals surface area contributed by atoms with Crippen molar-refractivity contribution in [1.82, 2.24) is 5.32 Å². The second-order valence-corrected chi connectivity index (χ2v) is 4.14. The largest absolute Gasteiger partial charge is 0.465 e. The van der Waals surface area contributed by atoms with Gasteiger partial charge in [0.1, 0.15) is 0 Å². The molecule has 0 saturated heterocycles. The molecule has 0 aliphatic heterocycles. The van der Waals surface area contributed by atoms with Gasteiger partial charge >= 0.3 is 6.09 Å². The predicted molar refractivity (Wildman–Crippen MR) is 64.1 cm³/mol. The Morgan fingerprint density at radius 3 is 2.62 bits per heavy atom. The van der Waals surface area contributed by atoms with Crippen LogP contribution in [0.2, 0.25) is 0 Å². The van der Waals surface area contributed by atoms with Gasteiger partial charge in [-0.2, -0.15) is 0 Å². The van der Waals surface area contributed by atoms with Gasteiger partial charge in [-0.3, -0.25) is 4.99 Å². The first-order valence-electron chi connectivity index (χ1n) is 5.07. The average Bonchev–Trinajstić information content (AvgIpc) is 2.26. The molecule has 16 heavy (non-hydrogen) atoms. The van der Waals surface area contributed by atoms with Crippen LogP contribution < -0.4 is 5.32 Å². The maximum absolute atomic E-state index is 10.4. The van der Waals surface area contributed by atoms with E-state index in [1.165, 1.54) is 0 Å². The number of rotatable bonds is 4. The minimum absolute atomic E-state index is 0.297. The summed E-state index contributed by atoms with van der Waals surface area (Å²) in [6.45, 7) is 4.05. The predicted octanol–water partition coefficient (Wildman–Crippen LogP) is 2.15. The van der Waals surface area contributed by atoms with Gasteiger partial charge < -0.3 is 10.4 Å². The molecule has 2 N–H and O–H groups in total. The third-order valence-electron chi connectivity index (χ3n) is 2.03. The zero-order valence-corrected chi connectivity index (χ0v) is 9.47. The fourth-order valence-corrected chi connectivity index (χ4v) is 1.13. The SMILES string of the molecule is CC(C)(CNC(=O)O)N=Cc1ccccc1. The monoisotopic (exact) mass is 220 g/mol. The molecule has 1 rings (SSSR count). The molecule has 1 amide bonds. The van der Waals surface area contributed by atoms with E-state index in [2.05, 4.69) is 10.3 Å². The number of amides is 1. The van der Waals surface area contributed by atoms with Gasteiger partial charge in [0, 0.05) is 12.8 Å². The molecule has 0 aliphatic carbocycles. The van der Waals surface area contributed by atoms with Crippen LogP contribution in [-0.4, -0.2) is 29.5 Å². The summed E-state index contributed by atoms with van der Waals surface area (Å²) in [4.78, 5) is 14.7. The summed E-state index contributed by atoms with van der Waals surface area (Å²) < 4.78 is 0. The van der Waals surface area contributed by atoms with Crippen molar-refractivity contribution in [2.24, 2.45) is 4.99 Å². The highest BCUT2D eigenvalue weighted by atomic mass is 16.4. The maximum Gasteiger partial charge on any atom is 0.404 e. The van der Waals surface area contributed by atoms with E-state index in [0.717, 1.165) is 5.56 Å². The molecule has 0 spiro atoms. The van der Waals surface area contributed by atoms with E-state index in [-0.39, 0.29) is 0 Å². The van der Waals surface area contributed by atoms with Gasteiger partial charge in [-0.1, -0.05) is 30.3 Å². The van der Waals surface area contributed by atoms with E-state index < -0.39 is 11.6 Å². The van der Waals surface area contributed by atoms with Crippen LogP contribution in [0.3, 0.4) is 0 Å². The van der Waals surface area contributed by atoms with Crippen LogP contribution in [-0.2, 0) is 0 Å². The zero-order valence-electron chi connectivity index (χ0n) is 9.47. The summed E-state index contributed by atoms with van der Waals surface area (Å²) in [5.74, 6) is 0. The molecule has 0 saturated carbocycles. The zero-order chi connectivity index (χ0) is 12.0. The van der Waals surface area contributed by atoms with Crippen molar-refractivity contribution in [2.75, 3.05) is 6.54 Å². The number of aliphatic imine (C=N–C) groups is 1. The molecular formula is C12H16N2O2. The van der Waals surface area contributed by atoms with Crippen LogP contribution in [0.1, 0.15) is 19.4 Å². The van der Waals surface area contributed by atoms with Crippen molar-refractivity contribution < 1.29 is 9.90 Å². The Kier molecular flexibility index (Phi) is 4.05. The Labute approximate surface area is 95.0 Å². The Morgan fingerprint density at radius 2 is 2.06 bits per heavy atom. The molecule has 0 aromatic heterocycles. The summed E-state index contributed by atoms with van der Waals surface area (Å²) in [6, 6.07) is 9.70. The first-order chi connectivity index (χ1) is 7.49. The first-order valence-corrected chi connectivity index (χ1v) is 5.07. The van der Waals surface area contributed by atoms with Gasteiger partial charge in [-0.25, -0.2) is 4.79 Å². The lowest BCUT2D eigenvalue weighted by Crippen LogP contribution is -2.36. The van der Waals surface area contributed by atoms with Gasteiger partial charge in [0.15, 0.2) is 0 Å². The summed E-state index contributed by atoms with van der Waals surface area (Å²) in [5.41, 5.74) is 0.569. The van der Waals surface area contributed by atoms with Crippen molar-refractivity contribution in [2.45, 2.75) is 19.4 Å². The molecule has 0 radical (unpaired) electrons. The minimum Gasteiger partial charge on any atom is -0.465 e. The fraction of sp³-hybridized carbons (Fsp3) is 0.333. The summed E-state index contributed by atoms with van der Waals surface area (Å²) >= 11 is 0. The summed E-state index contributed by atoms with van der Waals surface area (Å²) in [5, 5.41) is 10.8. The average molecular weight is 220 g/mol. The highest BCUT2D eigenvalue weighted by Crippen LogP contribution is 2.07. The highest BCUT2D eigenvalue weighted by Gasteiger charge is 2.15. The lowest BCUT2D eigenvalue weighted by Gasteiger charge is -2.18. The molecule has 1 aromatic rings. The van der Waals surface area contributed by atoms with E-state index in [9.17, 15) is 4.79 Å². The van der Waals surface area contributed by atoms with Gasteiger partial charge in [0.2, 0.25) is 0 Å². The molecule has 0 fully saturated rings. The lowest BCUT2D eigenvalue weighted by molar-refractivity contribution is 0.192. The molecule has 0 aliphatic rings. The lowest BCUT2D eigenvalue weighted by atomic mass is 10.1. The molecule has 1 aromatic carbocycles. The number of carboxylic acid groups (broad SMARTS) is 1. The Bertz CT molecular complexity index is 372. The van der Waals surface area contributed by atoms with Crippen molar-refractivity contribution in [1.29, 1.82) is 0 Å². The van der Waals surface area contributed by atoms with Crippen LogP contribution in [0.15, 0.2) is 35.3 Å². The minimum atomic E-state index is -1.03. The van der Waals surface area contributed by atoms with Crippen LogP contribution in [0.5, 0.6) is 0 Å². The van der Waals surface area contributed by atoms with E-state index in [4.69, 9.17) is 5.11 Å². The number of nitrogens with one attached hydrogen (secondary N) is 1. The van der Waals surface area contributed by atoms with Crippen LogP contribution in [0.25, 0.3) is 0 Å². The normalized spacial score (nSPS) is 11.6. The number of benzene rings is 1. The third-order valence-corrected chi connectivity index (χ3v) is 2.03. The van der Waals surface area contributed by atoms with Crippen LogP contribution >= 0.6 is 0 Å². The van der Waals surface area contributed by atoms with E-state index in [0.29, 0.717) is 6.54 Å². The molecule has 0 unspecified atom stereocenters. The van der Waals surface area contributed by atoms with Gasteiger partial charge in [0.05, 0.1) is 5.54 Å². The third kappa shape index (κ3) is 4.59. The quantitative estimate of drug-likeness (QED) is 0.764. The second-order valence-electron chi connectivity index (χ2n) is 4.14. The Hall–Kier alpha value is -1.84. The van der Waals surface area contributed by atoms with Crippen molar-refractivity contribution >= 4 is 12.3 Å². The molecule has 0 heterocycles. The van der Waals surface area contributed by atoms with E-state index >= 15 is 0 Å². The summed E-state index contributed by atoms with van der Waals surface area (Å²) in [6.07, 6.45) is 0.728. The number of carbonyl (C=O) groups is 1.